The van der Waals surface area contributed by atoms with Crippen LogP contribution in [-0.2, 0) is 17.9 Å². The molecule has 1 aromatic heterocycles. The van der Waals surface area contributed by atoms with E-state index in [4.69, 9.17) is 4.74 Å². The van der Waals surface area contributed by atoms with E-state index in [1.165, 1.54) is 5.56 Å². The minimum Gasteiger partial charge on any atom is -0.487 e. The summed E-state index contributed by atoms with van der Waals surface area (Å²) >= 11 is 0. The van der Waals surface area contributed by atoms with Crippen LogP contribution >= 0.6 is 0 Å². The van der Waals surface area contributed by atoms with Crippen LogP contribution in [0.25, 0.3) is 0 Å². The van der Waals surface area contributed by atoms with Crippen LogP contribution < -0.4 is 10.1 Å². The number of carbonyl (C=O) groups excluding carboxylic acids is 1. The lowest BCUT2D eigenvalue weighted by Gasteiger charge is -2.13. The van der Waals surface area contributed by atoms with Gasteiger partial charge in [-0.3, -0.25) is 9.88 Å². The van der Waals surface area contributed by atoms with E-state index in [0.717, 1.165) is 43.8 Å². The van der Waals surface area contributed by atoms with E-state index in [0.29, 0.717) is 12.6 Å². The highest BCUT2D eigenvalue weighted by Gasteiger charge is 2.24. The molecule has 1 N–H and O–H groups in total. The van der Waals surface area contributed by atoms with Crippen LogP contribution in [0.4, 0.5) is 0 Å². The molecule has 102 valence electrons. The van der Waals surface area contributed by atoms with Gasteiger partial charge in [0.2, 0.25) is 0 Å². The third-order valence-electron chi connectivity index (χ3n) is 3.75. The Morgan fingerprint density at radius 1 is 1.58 bits per heavy atom. The van der Waals surface area contributed by atoms with Crippen molar-refractivity contribution in [1.29, 1.82) is 0 Å². The molecule has 2 aliphatic rings. The minimum atomic E-state index is 0.238. The van der Waals surface area contributed by atoms with Gasteiger partial charge >= 0.3 is 0 Å². The summed E-state index contributed by atoms with van der Waals surface area (Å²) in [5, 5.41) is 3.37. The van der Waals surface area contributed by atoms with Gasteiger partial charge < -0.3 is 14.8 Å². The van der Waals surface area contributed by atoms with Crippen molar-refractivity contribution < 1.29 is 9.53 Å². The summed E-state index contributed by atoms with van der Waals surface area (Å²) in [6, 6.07) is 2.59. The number of aromatic nitrogens is 1. The zero-order valence-electron chi connectivity index (χ0n) is 11.1. The molecule has 0 aromatic carbocycles. The zero-order valence-corrected chi connectivity index (χ0v) is 11.1. The zero-order chi connectivity index (χ0) is 13.2. The Balaban J connectivity index is 1.66. The molecule has 3 rings (SSSR count). The van der Waals surface area contributed by atoms with Crippen molar-refractivity contribution in [3.8, 4) is 5.75 Å². The van der Waals surface area contributed by atoms with Crippen molar-refractivity contribution in [1.82, 2.24) is 15.2 Å². The van der Waals surface area contributed by atoms with Gasteiger partial charge in [0.15, 0.2) is 0 Å². The van der Waals surface area contributed by atoms with E-state index in [-0.39, 0.29) is 6.10 Å². The van der Waals surface area contributed by atoms with Crippen molar-refractivity contribution in [2.45, 2.75) is 38.6 Å². The predicted octanol–water partition coefficient (Wildman–Crippen LogP) is 0.725. The molecular weight excluding hydrogens is 242 g/mol. The lowest BCUT2D eigenvalue weighted by atomic mass is 10.2. The van der Waals surface area contributed by atoms with Gasteiger partial charge in [0.05, 0.1) is 18.4 Å². The second kappa shape index (κ2) is 5.27. The smallest absolute Gasteiger partial charge is 0.138 e. The van der Waals surface area contributed by atoms with Gasteiger partial charge in [0.25, 0.3) is 0 Å². The Bertz CT molecular complexity index is 478. The largest absolute Gasteiger partial charge is 0.487 e. The Morgan fingerprint density at radius 3 is 3.21 bits per heavy atom. The maximum Gasteiger partial charge on any atom is 0.138 e. The van der Waals surface area contributed by atoms with Crippen LogP contribution in [0.5, 0.6) is 5.75 Å². The SMILES string of the molecule is C[C@H]1C[C@@H](Oc2cnc3c(c2)CN(CC=O)C3)CN1. The maximum absolute atomic E-state index is 10.5. The quantitative estimate of drug-likeness (QED) is 0.810. The van der Waals surface area contributed by atoms with Crippen LogP contribution in [0.1, 0.15) is 24.6 Å². The molecule has 2 atom stereocenters. The van der Waals surface area contributed by atoms with Crippen molar-refractivity contribution in [3.05, 3.63) is 23.5 Å². The number of nitrogens with one attached hydrogen (secondary N) is 1. The molecule has 1 fully saturated rings. The van der Waals surface area contributed by atoms with E-state index >= 15 is 0 Å². The van der Waals surface area contributed by atoms with Gasteiger partial charge in [-0.2, -0.15) is 0 Å². The summed E-state index contributed by atoms with van der Waals surface area (Å²) in [5.74, 6) is 0.840. The number of hydrogen-bond donors (Lipinski definition) is 1. The van der Waals surface area contributed by atoms with Gasteiger partial charge in [0.1, 0.15) is 18.1 Å². The molecule has 5 heteroatoms. The standard InChI is InChI=1S/C14H19N3O2/c1-10-4-12(6-15-10)19-13-5-11-8-17(2-3-18)9-14(11)16-7-13/h3,5,7,10,12,15H,2,4,6,8-9H2,1H3/t10-,12+/m0/s1. The van der Waals surface area contributed by atoms with Crippen LogP contribution in [0, 0.1) is 0 Å². The van der Waals surface area contributed by atoms with Crippen molar-refractivity contribution in [2.24, 2.45) is 0 Å². The van der Waals surface area contributed by atoms with E-state index in [1.54, 1.807) is 6.20 Å². The molecule has 2 aliphatic heterocycles. The molecule has 3 heterocycles. The first-order valence-electron chi connectivity index (χ1n) is 6.78. The summed E-state index contributed by atoms with van der Waals surface area (Å²) in [6.07, 6.45) is 4.01. The second-order valence-corrected chi connectivity index (χ2v) is 5.40. The van der Waals surface area contributed by atoms with Crippen LogP contribution in [0.2, 0.25) is 0 Å². The molecule has 19 heavy (non-hydrogen) atoms. The van der Waals surface area contributed by atoms with Gasteiger partial charge in [-0.25, -0.2) is 0 Å². The number of pyridine rings is 1. The highest BCUT2D eigenvalue weighted by atomic mass is 16.5. The summed E-state index contributed by atoms with van der Waals surface area (Å²) < 4.78 is 5.95. The molecule has 0 unspecified atom stereocenters. The molecule has 1 aromatic rings. The number of nitrogens with zero attached hydrogens (tertiary/aromatic N) is 2. The number of rotatable bonds is 4. The molecule has 0 bridgehead atoms. The normalized spacial score (nSPS) is 26.4. The van der Waals surface area contributed by atoms with E-state index in [2.05, 4.69) is 28.2 Å². The van der Waals surface area contributed by atoms with Gasteiger partial charge in [-0.05, 0) is 18.6 Å². The fourth-order valence-electron chi connectivity index (χ4n) is 2.78. The lowest BCUT2D eigenvalue weighted by Crippen LogP contribution is -2.20. The fraction of sp³-hybridized carbons (Fsp3) is 0.571. The third kappa shape index (κ3) is 2.77. The number of aldehydes is 1. The first kappa shape index (κ1) is 12.6. The van der Waals surface area contributed by atoms with Crippen LogP contribution in [-0.4, -0.2) is 41.4 Å². The monoisotopic (exact) mass is 261 g/mol. The Labute approximate surface area is 113 Å². The average molecular weight is 261 g/mol. The Kier molecular flexibility index (Phi) is 3.48. The molecule has 0 amide bonds. The van der Waals surface area contributed by atoms with Crippen molar-refractivity contribution in [2.75, 3.05) is 13.1 Å². The molecule has 1 saturated heterocycles. The molecule has 5 nitrogen and oxygen atoms in total. The van der Waals surface area contributed by atoms with E-state index < -0.39 is 0 Å². The van der Waals surface area contributed by atoms with Crippen LogP contribution in [0.3, 0.4) is 0 Å². The molecule has 0 spiro atoms. The van der Waals surface area contributed by atoms with Crippen LogP contribution in [0.15, 0.2) is 12.3 Å². The predicted molar refractivity (Wildman–Crippen MR) is 70.9 cm³/mol. The lowest BCUT2D eigenvalue weighted by molar-refractivity contribution is -0.108. The Morgan fingerprint density at radius 2 is 2.47 bits per heavy atom. The summed E-state index contributed by atoms with van der Waals surface area (Å²) in [4.78, 5) is 17.1. The summed E-state index contributed by atoms with van der Waals surface area (Å²) in [5.41, 5.74) is 2.24. The molecule has 0 saturated carbocycles. The minimum absolute atomic E-state index is 0.238. The highest BCUT2D eigenvalue weighted by Crippen LogP contribution is 2.25. The molecular formula is C14H19N3O2. The van der Waals surface area contributed by atoms with E-state index in [9.17, 15) is 4.79 Å². The number of carbonyl (C=O) groups is 1. The highest BCUT2D eigenvalue weighted by molar-refractivity contribution is 5.52. The van der Waals surface area contributed by atoms with Crippen molar-refractivity contribution in [3.63, 3.8) is 0 Å². The van der Waals surface area contributed by atoms with E-state index in [1.807, 2.05) is 0 Å². The average Bonchev–Trinajstić information content (AvgIpc) is 2.95. The maximum atomic E-state index is 10.5. The first-order valence-corrected chi connectivity index (χ1v) is 6.78. The number of hydrogen-bond acceptors (Lipinski definition) is 5. The summed E-state index contributed by atoms with van der Waals surface area (Å²) in [6.45, 7) is 5.09. The van der Waals surface area contributed by atoms with Gasteiger partial charge in [0, 0.05) is 32.1 Å². The van der Waals surface area contributed by atoms with Gasteiger partial charge in [-0.1, -0.05) is 0 Å². The molecule has 0 radical (unpaired) electrons. The van der Waals surface area contributed by atoms with Gasteiger partial charge in [-0.15, -0.1) is 0 Å². The number of fused-ring (bicyclic) bond motifs is 1. The Hall–Kier alpha value is -1.46. The first-order chi connectivity index (χ1) is 9.24. The number of ether oxygens (including phenoxy) is 1. The second-order valence-electron chi connectivity index (χ2n) is 5.40. The topological polar surface area (TPSA) is 54.5 Å². The molecule has 0 aliphatic carbocycles. The summed E-state index contributed by atoms with van der Waals surface area (Å²) in [7, 11) is 0. The van der Waals surface area contributed by atoms with Crippen molar-refractivity contribution >= 4 is 6.29 Å². The third-order valence-corrected chi connectivity index (χ3v) is 3.75. The fourth-order valence-corrected chi connectivity index (χ4v) is 2.78.